The van der Waals surface area contributed by atoms with Crippen LogP contribution in [0.1, 0.15) is 19.3 Å². The van der Waals surface area contributed by atoms with Crippen molar-refractivity contribution in [1.82, 2.24) is 10.6 Å². The summed E-state index contributed by atoms with van der Waals surface area (Å²) in [5.41, 5.74) is 0. The molecule has 0 radical (unpaired) electrons. The van der Waals surface area contributed by atoms with Crippen molar-refractivity contribution in [1.29, 1.82) is 0 Å². The topological polar surface area (TPSA) is 76.7 Å². The van der Waals surface area contributed by atoms with E-state index in [2.05, 4.69) is 10.6 Å². The zero-order valence-electron chi connectivity index (χ0n) is 13.0. The van der Waals surface area contributed by atoms with Gasteiger partial charge in [-0.1, -0.05) is 0 Å². The van der Waals surface area contributed by atoms with Crippen molar-refractivity contribution in [3.63, 3.8) is 0 Å². The lowest BCUT2D eigenvalue weighted by molar-refractivity contribution is -0.120. The van der Waals surface area contributed by atoms with Gasteiger partial charge in [-0.3, -0.25) is 9.00 Å². The molecule has 2 aliphatic rings. The second-order valence-corrected chi connectivity index (χ2v) is 7.27. The van der Waals surface area contributed by atoms with E-state index in [1.807, 2.05) is 0 Å². The molecule has 2 unspecified atom stereocenters. The third kappa shape index (κ3) is 4.45. The fraction of sp³-hybridized carbons (Fsp3) is 0.562. The molecule has 2 aliphatic heterocycles. The van der Waals surface area contributed by atoms with E-state index in [1.54, 1.807) is 18.2 Å². The molecule has 1 fully saturated rings. The van der Waals surface area contributed by atoms with Gasteiger partial charge in [-0.2, -0.15) is 0 Å². The molecule has 2 atom stereocenters. The molecule has 6 nitrogen and oxygen atoms in total. The van der Waals surface area contributed by atoms with Crippen LogP contribution in [0.4, 0.5) is 0 Å². The van der Waals surface area contributed by atoms with Crippen LogP contribution in [-0.4, -0.2) is 48.2 Å². The maximum atomic E-state index is 12.3. The fourth-order valence-corrected chi connectivity index (χ4v) is 3.79. The van der Waals surface area contributed by atoms with Gasteiger partial charge in [-0.05, 0) is 31.5 Å². The van der Waals surface area contributed by atoms with E-state index < -0.39 is 10.8 Å². The predicted molar refractivity (Wildman–Crippen MR) is 87.4 cm³/mol. The third-order valence-corrected chi connectivity index (χ3v) is 5.35. The highest BCUT2D eigenvalue weighted by molar-refractivity contribution is 7.85. The Morgan fingerprint density at radius 3 is 2.91 bits per heavy atom. The second-order valence-electron chi connectivity index (χ2n) is 5.70. The van der Waals surface area contributed by atoms with Crippen LogP contribution in [0.3, 0.4) is 0 Å². The van der Waals surface area contributed by atoms with Crippen molar-refractivity contribution in [2.45, 2.75) is 30.2 Å². The lowest BCUT2D eigenvalue weighted by atomic mass is 10.2. The molecule has 0 aromatic heterocycles. The van der Waals surface area contributed by atoms with Crippen molar-refractivity contribution < 1.29 is 18.5 Å². The number of rotatable bonds is 6. The van der Waals surface area contributed by atoms with Crippen LogP contribution in [-0.2, 0) is 15.6 Å². The van der Waals surface area contributed by atoms with E-state index in [-0.39, 0.29) is 12.3 Å². The van der Waals surface area contributed by atoms with Crippen LogP contribution in [0.2, 0.25) is 0 Å². The smallest absolute Gasteiger partial charge is 0.220 e. The van der Waals surface area contributed by atoms with Gasteiger partial charge in [-0.25, -0.2) is 0 Å². The van der Waals surface area contributed by atoms with Crippen molar-refractivity contribution in [2.24, 2.45) is 0 Å². The number of hydrogen-bond acceptors (Lipinski definition) is 5. The molecule has 0 aliphatic carbocycles. The first-order valence-corrected chi connectivity index (χ1v) is 9.32. The molecule has 0 bridgehead atoms. The molecule has 2 heterocycles. The second kappa shape index (κ2) is 7.79. The summed E-state index contributed by atoms with van der Waals surface area (Å²) in [6.45, 7) is 2.70. The van der Waals surface area contributed by atoms with Crippen LogP contribution in [0.5, 0.6) is 11.5 Å². The molecule has 126 valence electrons. The molecule has 7 heteroatoms. The van der Waals surface area contributed by atoms with Gasteiger partial charge in [0.2, 0.25) is 5.91 Å². The Bertz CT molecular complexity index is 587. The summed E-state index contributed by atoms with van der Waals surface area (Å²) in [6, 6.07) is 5.66. The van der Waals surface area contributed by atoms with Crippen molar-refractivity contribution in [2.75, 3.05) is 32.1 Å². The zero-order valence-corrected chi connectivity index (χ0v) is 13.8. The molecule has 1 aromatic carbocycles. The summed E-state index contributed by atoms with van der Waals surface area (Å²) in [6.07, 6.45) is 2.52. The molecule has 1 aromatic rings. The van der Waals surface area contributed by atoms with Crippen LogP contribution >= 0.6 is 0 Å². The largest absolute Gasteiger partial charge is 0.486 e. The molecular formula is C16H22N2O4S. The Morgan fingerprint density at radius 2 is 2.13 bits per heavy atom. The minimum atomic E-state index is -1.22. The van der Waals surface area contributed by atoms with Crippen molar-refractivity contribution in [3.05, 3.63) is 18.2 Å². The molecule has 1 amide bonds. The standard InChI is InChI=1S/C16H22N2O4S/c19-16(18-11-12-2-1-6-17-12)5-9-23(20)13-3-4-14-15(10-13)22-8-7-21-14/h3-4,10,12,17H,1-2,5-9,11H2,(H,18,19). The fourth-order valence-electron chi connectivity index (χ4n) is 2.72. The first kappa shape index (κ1) is 16.3. The molecule has 23 heavy (non-hydrogen) atoms. The number of amides is 1. The van der Waals surface area contributed by atoms with Gasteiger partial charge in [-0.15, -0.1) is 0 Å². The molecular weight excluding hydrogens is 316 g/mol. The van der Waals surface area contributed by atoms with E-state index in [4.69, 9.17) is 9.47 Å². The monoisotopic (exact) mass is 338 g/mol. The number of ether oxygens (including phenoxy) is 2. The Morgan fingerprint density at radius 1 is 1.30 bits per heavy atom. The number of carbonyl (C=O) groups is 1. The molecule has 3 rings (SSSR count). The highest BCUT2D eigenvalue weighted by atomic mass is 32.2. The summed E-state index contributed by atoms with van der Waals surface area (Å²) >= 11 is 0. The Labute approximate surface area is 138 Å². The summed E-state index contributed by atoms with van der Waals surface area (Å²) in [4.78, 5) is 12.5. The normalized spacial score (nSPS) is 21.0. The quantitative estimate of drug-likeness (QED) is 0.803. The highest BCUT2D eigenvalue weighted by Crippen LogP contribution is 2.31. The summed E-state index contributed by atoms with van der Waals surface area (Å²) < 4.78 is 23.3. The van der Waals surface area contributed by atoms with Crippen LogP contribution in [0.25, 0.3) is 0 Å². The van der Waals surface area contributed by atoms with E-state index in [0.29, 0.717) is 47.9 Å². The summed E-state index contributed by atoms with van der Waals surface area (Å²) in [5, 5.41) is 6.23. The predicted octanol–water partition coefficient (Wildman–Crippen LogP) is 0.824. The number of hydrogen-bond donors (Lipinski definition) is 2. The minimum absolute atomic E-state index is 0.0513. The van der Waals surface area contributed by atoms with Crippen LogP contribution < -0.4 is 20.1 Å². The lowest BCUT2D eigenvalue weighted by Crippen LogP contribution is -2.37. The van der Waals surface area contributed by atoms with Crippen molar-refractivity contribution in [3.8, 4) is 11.5 Å². The van der Waals surface area contributed by atoms with E-state index in [1.165, 1.54) is 0 Å². The first-order chi connectivity index (χ1) is 11.2. The molecule has 2 N–H and O–H groups in total. The molecule has 0 saturated carbocycles. The van der Waals surface area contributed by atoms with E-state index in [9.17, 15) is 9.00 Å². The number of nitrogens with one attached hydrogen (secondary N) is 2. The lowest BCUT2D eigenvalue weighted by Gasteiger charge is -2.18. The average molecular weight is 338 g/mol. The van der Waals surface area contributed by atoms with Gasteiger partial charge < -0.3 is 20.1 Å². The average Bonchev–Trinajstić information content (AvgIpc) is 3.11. The van der Waals surface area contributed by atoms with Crippen molar-refractivity contribution >= 4 is 16.7 Å². The SMILES string of the molecule is O=C(CCS(=O)c1ccc2c(c1)OCCO2)NCC1CCCN1. The van der Waals surface area contributed by atoms with Gasteiger partial charge in [0.25, 0.3) is 0 Å². The van der Waals surface area contributed by atoms with Gasteiger partial charge >= 0.3 is 0 Å². The van der Waals surface area contributed by atoms with E-state index >= 15 is 0 Å². The van der Waals surface area contributed by atoms with Crippen LogP contribution in [0, 0.1) is 0 Å². The maximum Gasteiger partial charge on any atom is 0.220 e. The number of carbonyl (C=O) groups excluding carboxylic acids is 1. The van der Waals surface area contributed by atoms with Crippen LogP contribution in [0.15, 0.2) is 23.1 Å². The Kier molecular flexibility index (Phi) is 5.51. The maximum absolute atomic E-state index is 12.3. The summed E-state index contributed by atoms with van der Waals surface area (Å²) in [5.74, 6) is 1.56. The molecule has 0 spiro atoms. The summed E-state index contributed by atoms with van der Waals surface area (Å²) in [7, 11) is -1.22. The van der Waals surface area contributed by atoms with Gasteiger partial charge in [0, 0.05) is 35.7 Å². The van der Waals surface area contributed by atoms with Gasteiger partial charge in [0.1, 0.15) is 13.2 Å². The number of fused-ring (bicyclic) bond motifs is 1. The van der Waals surface area contributed by atoms with Gasteiger partial charge in [0.15, 0.2) is 11.5 Å². The molecule has 1 saturated heterocycles. The van der Waals surface area contributed by atoms with Gasteiger partial charge in [0.05, 0.1) is 10.8 Å². The highest BCUT2D eigenvalue weighted by Gasteiger charge is 2.17. The minimum Gasteiger partial charge on any atom is -0.486 e. The number of benzene rings is 1. The third-order valence-electron chi connectivity index (χ3n) is 4.00. The Balaban J connectivity index is 1.46. The first-order valence-electron chi connectivity index (χ1n) is 8.00. The zero-order chi connectivity index (χ0) is 16.1. The van der Waals surface area contributed by atoms with E-state index in [0.717, 1.165) is 19.4 Å². The Hall–Kier alpha value is -1.60.